The minimum atomic E-state index is -5.74. The maximum Gasteiger partial charge on any atom is 0.434 e. The Balaban J connectivity index is 3.29. The Bertz CT molecular complexity index is 505. The highest BCUT2D eigenvalue weighted by Crippen LogP contribution is 2.37. The van der Waals surface area contributed by atoms with E-state index in [1.165, 1.54) is 0 Å². The van der Waals surface area contributed by atoms with Gasteiger partial charge in [0.15, 0.2) is 0 Å². The molecule has 0 radical (unpaired) electrons. The molecule has 1 rings (SSSR count). The van der Waals surface area contributed by atoms with Gasteiger partial charge in [-0.15, -0.1) is 0 Å². The van der Waals surface area contributed by atoms with Gasteiger partial charge >= 0.3 is 18.3 Å². The topological polar surface area (TPSA) is 64.4 Å². The standard InChI is InChI=1S/C9H8F6N2O3/c1-3-4(6(18)19)5(17(2)16-3)20-7(8(10,11)12)9(13,14)15/h7H,1-2H3,(H,18,19). The quantitative estimate of drug-likeness (QED) is 0.870. The van der Waals surface area contributed by atoms with Crippen molar-refractivity contribution in [2.24, 2.45) is 7.05 Å². The SMILES string of the molecule is Cc1nn(C)c(OC(C(F)(F)F)C(F)(F)F)c1C(=O)O. The van der Waals surface area contributed by atoms with Crippen LogP contribution in [0.2, 0.25) is 0 Å². The number of alkyl halides is 6. The molecule has 0 aliphatic rings. The van der Waals surface area contributed by atoms with Crippen molar-refractivity contribution in [1.82, 2.24) is 9.78 Å². The van der Waals surface area contributed by atoms with Gasteiger partial charge in [-0.05, 0) is 6.92 Å². The summed E-state index contributed by atoms with van der Waals surface area (Å²) in [6.07, 6.45) is -15.6. The first-order valence-corrected chi connectivity index (χ1v) is 4.92. The van der Waals surface area contributed by atoms with Crippen molar-refractivity contribution < 1.29 is 41.0 Å². The Kier molecular flexibility index (Phi) is 3.92. The molecular formula is C9H8F6N2O3. The van der Waals surface area contributed by atoms with Gasteiger partial charge in [-0.2, -0.15) is 31.4 Å². The molecule has 0 bridgehead atoms. The van der Waals surface area contributed by atoms with Crippen LogP contribution < -0.4 is 4.74 Å². The van der Waals surface area contributed by atoms with E-state index in [1.54, 1.807) is 0 Å². The molecule has 0 aromatic carbocycles. The van der Waals surface area contributed by atoms with Crippen LogP contribution in [-0.4, -0.2) is 39.3 Å². The molecule has 0 aliphatic carbocycles. The summed E-state index contributed by atoms with van der Waals surface area (Å²) in [5.41, 5.74) is -1.12. The van der Waals surface area contributed by atoms with Crippen LogP contribution in [0.5, 0.6) is 5.88 Å². The lowest BCUT2D eigenvalue weighted by molar-refractivity contribution is -0.300. The number of hydrogen-bond acceptors (Lipinski definition) is 3. The van der Waals surface area contributed by atoms with Crippen LogP contribution in [0.15, 0.2) is 0 Å². The predicted octanol–water partition coefficient (Wildman–Crippen LogP) is 2.30. The van der Waals surface area contributed by atoms with E-state index < -0.39 is 35.9 Å². The van der Waals surface area contributed by atoms with Gasteiger partial charge in [0.2, 0.25) is 5.88 Å². The molecule has 0 unspecified atom stereocenters. The number of aromatic carboxylic acids is 1. The number of carboxylic acid groups (broad SMARTS) is 1. The smallest absolute Gasteiger partial charge is 0.434 e. The number of aromatic nitrogens is 2. The lowest BCUT2D eigenvalue weighted by atomic mass is 10.2. The largest absolute Gasteiger partial charge is 0.477 e. The number of nitrogens with zero attached hydrogens (tertiary/aromatic N) is 2. The summed E-state index contributed by atoms with van der Waals surface area (Å²) in [7, 11) is 0.971. The van der Waals surface area contributed by atoms with Crippen LogP contribution in [0.25, 0.3) is 0 Å². The van der Waals surface area contributed by atoms with Crippen molar-refractivity contribution in [1.29, 1.82) is 0 Å². The summed E-state index contributed by atoms with van der Waals surface area (Å²) in [6.45, 7) is 1.12. The molecule has 0 saturated carbocycles. The van der Waals surface area contributed by atoms with Crippen molar-refractivity contribution in [3.8, 4) is 5.88 Å². The molecule has 5 nitrogen and oxygen atoms in total. The number of hydrogen-bond donors (Lipinski definition) is 1. The van der Waals surface area contributed by atoms with Crippen molar-refractivity contribution in [3.63, 3.8) is 0 Å². The molecular weight excluding hydrogens is 298 g/mol. The lowest BCUT2D eigenvalue weighted by Crippen LogP contribution is -2.47. The van der Waals surface area contributed by atoms with Crippen LogP contribution in [0, 0.1) is 6.92 Å². The van der Waals surface area contributed by atoms with Crippen molar-refractivity contribution in [2.45, 2.75) is 25.4 Å². The number of carboxylic acids is 1. The van der Waals surface area contributed by atoms with Gasteiger partial charge in [-0.3, -0.25) is 0 Å². The lowest BCUT2D eigenvalue weighted by Gasteiger charge is -2.23. The third-order valence-electron chi connectivity index (χ3n) is 2.21. The summed E-state index contributed by atoms with van der Waals surface area (Å²) >= 11 is 0. The monoisotopic (exact) mass is 306 g/mol. The molecule has 0 spiro atoms. The summed E-state index contributed by atoms with van der Waals surface area (Å²) in [5.74, 6) is -2.86. The molecule has 0 atom stereocenters. The van der Waals surface area contributed by atoms with Crippen LogP contribution in [0.3, 0.4) is 0 Å². The predicted molar refractivity (Wildman–Crippen MR) is 51.4 cm³/mol. The van der Waals surface area contributed by atoms with Crippen molar-refractivity contribution >= 4 is 5.97 Å². The fourth-order valence-corrected chi connectivity index (χ4v) is 1.45. The molecule has 0 aliphatic heterocycles. The average Bonchev–Trinajstić information content (AvgIpc) is 2.45. The molecule has 11 heteroatoms. The third kappa shape index (κ3) is 3.14. The van der Waals surface area contributed by atoms with E-state index >= 15 is 0 Å². The molecule has 1 aromatic heterocycles. The van der Waals surface area contributed by atoms with E-state index in [0.717, 1.165) is 14.0 Å². The van der Waals surface area contributed by atoms with Crippen molar-refractivity contribution in [3.05, 3.63) is 11.3 Å². The van der Waals surface area contributed by atoms with E-state index in [1.807, 2.05) is 0 Å². The normalized spacial score (nSPS) is 12.8. The summed E-state index contributed by atoms with van der Waals surface area (Å²) in [4.78, 5) is 10.8. The zero-order valence-electron chi connectivity index (χ0n) is 10.0. The van der Waals surface area contributed by atoms with Crippen molar-refractivity contribution in [2.75, 3.05) is 0 Å². The van der Waals surface area contributed by atoms with Gasteiger partial charge < -0.3 is 9.84 Å². The summed E-state index contributed by atoms with van der Waals surface area (Å²) < 4.78 is 78.5. The third-order valence-corrected chi connectivity index (χ3v) is 2.21. The molecule has 1 aromatic rings. The first kappa shape index (κ1) is 16.1. The first-order chi connectivity index (χ1) is 8.85. The van der Waals surface area contributed by atoms with E-state index in [2.05, 4.69) is 9.84 Å². The fourth-order valence-electron chi connectivity index (χ4n) is 1.45. The number of carbonyl (C=O) groups is 1. The minimum absolute atomic E-state index is 0.266. The second-order valence-corrected chi connectivity index (χ2v) is 3.78. The summed E-state index contributed by atoms with van der Waals surface area (Å²) in [5, 5.41) is 12.2. The van der Waals surface area contributed by atoms with Gasteiger partial charge in [0.25, 0.3) is 6.10 Å². The van der Waals surface area contributed by atoms with E-state index in [-0.39, 0.29) is 5.69 Å². The second-order valence-electron chi connectivity index (χ2n) is 3.78. The molecule has 114 valence electrons. The van der Waals surface area contributed by atoms with E-state index in [4.69, 9.17) is 5.11 Å². The minimum Gasteiger partial charge on any atom is -0.477 e. The van der Waals surface area contributed by atoms with E-state index in [0.29, 0.717) is 4.68 Å². The zero-order valence-corrected chi connectivity index (χ0v) is 10.0. The Morgan fingerprint density at radius 2 is 1.70 bits per heavy atom. The van der Waals surface area contributed by atoms with Gasteiger partial charge in [0, 0.05) is 7.05 Å². The van der Waals surface area contributed by atoms with Gasteiger partial charge in [0.1, 0.15) is 5.56 Å². The van der Waals surface area contributed by atoms with Crippen LogP contribution in [0.1, 0.15) is 16.1 Å². The number of ether oxygens (including phenoxy) is 1. The van der Waals surface area contributed by atoms with Crippen LogP contribution in [-0.2, 0) is 7.05 Å². The van der Waals surface area contributed by atoms with Crippen LogP contribution >= 0.6 is 0 Å². The highest BCUT2D eigenvalue weighted by Gasteiger charge is 2.59. The zero-order chi connectivity index (χ0) is 15.9. The number of rotatable bonds is 3. The molecule has 0 amide bonds. The maximum absolute atomic E-state index is 12.4. The second kappa shape index (κ2) is 4.87. The highest BCUT2D eigenvalue weighted by molar-refractivity contribution is 5.91. The van der Waals surface area contributed by atoms with Gasteiger partial charge in [0.05, 0.1) is 5.69 Å². The molecule has 0 saturated heterocycles. The number of halogens is 6. The maximum atomic E-state index is 12.4. The Labute approximate surface area is 107 Å². The molecule has 0 fully saturated rings. The van der Waals surface area contributed by atoms with Gasteiger partial charge in [-0.1, -0.05) is 0 Å². The van der Waals surface area contributed by atoms with E-state index in [9.17, 15) is 31.1 Å². The Morgan fingerprint density at radius 1 is 1.25 bits per heavy atom. The molecule has 1 heterocycles. The van der Waals surface area contributed by atoms with Crippen LogP contribution in [0.4, 0.5) is 26.3 Å². The first-order valence-electron chi connectivity index (χ1n) is 4.92. The number of aryl methyl sites for hydroxylation is 2. The highest BCUT2D eigenvalue weighted by atomic mass is 19.4. The fraction of sp³-hybridized carbons (Fsp3) is 0.556. The molecule has 1 N–H and O–H groups in total. The Hall–Kier alpha value is -1.94. The average molecular weight is 306 g/mol. The molecule has 20 heavy (non-hydrogen) atoms. The van der Waals surface area contributed by atoms with Gasteiger partial charge in [-0.25, -0.2) is 9.48 Å². The summed E-state index contributed by atoms with van der Waals surface area (Å²) in [6, 6.07) is 0. The Morgan fingerprint density at radius 3 is 2.05 bits per heavy atom.